The summed E-state index contributed by atoms with van der Waals surface area (Å²) in [6.07, 6.45) is 14.9. The molecule has 0 saturated carbocycles. The minimum Gasteiger partial charge on any atom is -0.564 e. The fourth-order valence-electron chi connectivity index (χ4n) is 2.14. The molecule has 0 aliphatic carbocycles. The van der Waals surface area contributed by atoms with Crippen LogP contribution >= 0.6 is 0 Å². The van der Waals surface area contributed by atoms with Crippen molar-refractivity contribution in [2.45, 2.75) is 91.7 Å². The summed E-state index contributed by atoms with van der Waals surface area (Å²) in [4.78, 5) is 0. The number of hydrogen-bond donors (Lipinski definition) is 0. The lowest BCUT2D eigenvalue weighted by Gasteiger charge is -2.16. The van der Waals surface area contributed by atoms with Gasteiger partial charge in [-0.25, -0.2) is 0 Å². The highest BCUT2D eigenvalue weighted by Crippen LogP contribution is 2.15. The topological polar surface area (TPSA) is 9.23 Å². The molecule has 0 fully saturated rings. The molecule has 0 spiro atoms. The highest BCUT2D eigenvalue weighted by molar-refractivity contribution is 6.52. The first-order valence-corrected chi connectivity index (χ1v) is 8.07. The van der Waals surface area contributed by atoms with Crippen molar-refractivity contribution in [1.29, 1.82) is 0 Å². The zero-order chi connectivity index (χ0) is 13.6. The van der Waals surface area contributed by atoms with Gasteiger partial charge in [0.15, 0.2) is 0 Å². The van der Waals surface area contributed by atoms with Gasteiger partial charge >= 0.3 is 6.92 Å². The van der Waals surface area contributed by atoms with E-state index in [1.54, 1.807) is 0 Å². The Morgan fingerprint density at radius 1 is 0.889 bits per heavy atom. The van der Waals surface area contributed by atoms with Gasteiger partial charge in [-0.3, -0.25) is 0 Å². The van der Waals surface area contributed by atoms with E-state index in [4.69, 9.17) is 4.65 Å². The van der Waals surface area contributed by atoms with Crippen LogP contribution in [0.4, 0.5) is 0 Å². The summed E-state index contributed by atoms with van der Waals surface area (Å²) in [6.45, 7) is 9.33. The Labute approximate surface area is 115 Å². The maximum absolute atomic E-state index is 6.10. The lowest BCUT2D eigenvalue weighted by atomic mass is 9.59. The third kappa shape index (κ3) is 10.7. The van der Waals surface area contributed by atoms with Crippen LogP contribution in [0.3, 0.4) is 0 Å². The standard InChI is InChI=1S/C16H33BO/c1-5-8-11-12-13-16(4)18-17(14-9-6-2)15-10-7-3/h13H,5-12,14-15H2,1-4H3. The summed E-state index contributed by atoms with van der Waals surface area (Å²) >= 11 is 0. The molecule has 1 nitrogen and oxygen atoms in total. The molecule has 0 saturated heterocycles. The molecule has 0 rings (SSSR count). The number of hydrogen-bond acceptors (Lipinski definition) is 1. The molecule has 0 aromatic rings. The normalized spacial score (nSPS) is 11.7. The molecule has 0 heterocycles. The van der Waals surface area contributed by atoms with Crippen LogP contribution in [-0.4, -0.2) is 6.92 Å². The van der Waals surface area contributed by atoms with E-state index < -0.39 is 0 Å². The Morgan fingerprint density at radius 2 is 1.44 bits per heavy atom. The van der Waals surface area contributed by atoms with Crippen molar-refractivity contribution in [2.75, 3.05) is 0 Å². The second-order valence-electron chi connectivity index (χ2n) is 5.33. The first-order valence-electron chi connectivity index (χ1n) is 8.07. The van der Waals surface area contributed by atoms with E-state index in [9.17, 15) is 0 Å². The van der Waals surface area contributed by atoms with Crippen LogP contribution in [0.25, 0.3) is 0 Å². The largest absolute Gasteiger partial charge is 0.564 e. The van der Waals surface area contributed by atoms with Crippen LogP contribution in [0.15, 0.2) is 11.8 Å². The first kappa shape index (κ1) is 17.6. The zero-order valence-corrected chi connectivity index (χ0v) is 13.1. The van der Waals surface area contributed by atoms with E-state index in [0.29, 0.717) is 6.92 Å². The molecule has 0 unspecified atom stereocenters. The Bertz CT molecular complexity index is 193. The van der Waals surface area contributed by atoms with Crippen molar-refractivity contribution in [1.82, 2.24) is 0 Å². The van der Waals surface area contributed by atoms with Crippen molar-refractivity contribution in [3.8, 4) is 0 Å². The van der Waals surface area contributed by atoms with Gasteiger partial charge in [0.2, 0.25) is 0 Å². The highest BCUT2D eigenvalue weighted by Gasteiger charge is 2.15. The van der Waals surface area contributed by atoms with Crippen molar-refractivity contribution in [3.05, 3.63) is 11.8 Å². The molecule has 0 atom stereocenters. The van der Waals surface area contributed by atoms with Crippen LogP contribution in [0.5, 0.6) is 0 Å². The SMILES string of the molecule is CCCCCC=C(C)OB(CCCC)CCCC. The zero-order valence-electron chi connectivity index (χ0n) is 13.1. The monoisotopic (exact) mass is 252 g/mol. The molecule has 0 aliphatic rings. The molecular formula is C16H33BO. The lowest BCUT2D eigenvalue weighted by Crippen LogP contribution is -2.16. The quantitative estimate of drug-likeness (QED) is 0.232. The number of rotatable bonds is 12. The van der Waals surface area contributed by atoms with Gasteiger partial charge in [-0.15, -0.1) is 0 Å². The van der Waals surface area contributed by atoms with Gasteiger partial charge in [0.25, 0.3) is 0 Å². The van der Waals surface area contributed by atoms with Crippen molar-refractivity contribution < 1.29 is 4.65 Å². The van der Waals surface area contributed by atoms with Gasteiger partial charge in [-0.05, 0) is 38.5 Å². The van der Waals surface area contributed by atoms with E-state index in [2.05, 4.69) is 33.8 Å². The summed E-state index contributed by atoms with van der Waals surface area (Å²) in [5, 5.41) is 0. The molecule has 0 aromatic carbocycles. The van der Waals surface area contributed by atoms with Crippen LogP contribution in [0, 0.1) is 0 Å². The van der Waals surface area contributed by atoms with Gasteiger partial charge < -0.3 is 4.65 Å². The maximum Gasteiger partial charge on any atom is 0.357 e. The molecule has 18 heavy (non-hydrogen) atoms. The number of unbranched alkanes of at least 4 members (excludes halogenated alkanes) is 5. The summed E-state index contributed by atoms with van der Waals surface area (Å²) in [5.74, 6) is 1.14. The summed E-state index contributed by atoms with van der Waals surface area (Å²) in [7, 11) is 0. The van der Waals surface area contributed by atoms with E-state index in [-0.39, 0.29) is 0 Å². The van der Waals surface area contributed by atoms with Crippen LogP contribution < -0.4 is 0 Å². The van der Waals surface area contributed by atoms with Gasteiger partial charge in [-0.2, -0.15) is 0 Å². The highest BCUT2D eigenvalue weighted by atomic mass is 16.4. The molecule has 0 N–H and O–H groups in total. The van der Waals surface area contributed by atoms with E-state index >= 15 is 0 Å². The van der Waals surface area contributed by atoms with Crippen molar-refractivity contribution >= 4 is 6.92 Å². The Morgan fingerprint density at radius 3 is 1.94 bits per heavy atom. The molecule has 0 aromatic heterocycles. The first-order chi connectivity index (χ1) is 8.74. The predicted molar refractivity (Wildman–Crippen MR) is 84.2 cm³/mol. The van der Waals surface area contributed by atoms with Gasteiger partial charge in [-0.1, -0.05) is 59.3 Å². The third-order valence-electron chi connectivity index (χ3n) is 3.35. The fourth-order valence-corrected chi connectivity index (χ4v) is 2.14. The van der Waals surface area contributed by atoms with E-state index in [1.165, 1.54) is 64.0 Å². The molecule has 0 bridgehead atoms. The number of allylic oxidation sites excluding steroid dienone is 2. The molecule has 0 amide bonds. The smallest absolute Gasteiger partial charge is 0.357 e. The summed E-state index contributed by atoms with van der Waals surface area (Å²) in [5.41, 5.74) is 0. The van der Waals surface area contributed by atoms with Crippen LogP contribution in [-0.2, 0) is 4.65 Å². The van der Waals surface area contributed by atoms with Gasteiger partial charge in [0.1, 0.15) is 0 Å². The molecule has 106 valence electrons. The lowest BCUT2D eigenvalue weighted by molar-refractivity contribution is 0.423. The maximum atomic E-state index is 6.10. The van der Waals surface area contributed by atoms with E-state index in [0.717, 1.165) is 5.76 Å². The molecular weight excluding hydrogens is 219 g/mol. The molecule has 2 heteroatoms. The molecule has 0 radical (unpaired) electrons. The van der Waals surface area contributed by atoms with Crippen molar-refractivity contribution in [3.63, 3.8) is 0 Å². The van der Waals surface area contributed by atoms with Crippen LogP contribution in [0.1, 0.15) is 79.1 Å². The van der Waals surface area contributed by atoms with Gasteiger partial charge in [0, 0.05) is 0 Å². The average Bonchev–Trinajstić information content (AvgIpc) is 2.38. The second-order valence-corrected chi connectivity index (χ2v) is 5.33. The fraction of sp³-hybridized carbons (Fsp3) is 0.875. The summed E-state index contributed by atoms with van der Waals surface area (Å²) in [6, 6.07) is 0. The third-order valence-corrected chi connectivity index (χ3v) is 3.35. The Kier molecular flexibility index (Phi) is 12.8. The second kappa shape index (κ2) is 13.0. The summed E-state index contributed by atoms with van der Waals surface area (Å²) < 4.78 is 6.10. The minimum atomic E-state index is 0.451. The Hall–Kier alpha value is -0.395. The van der Waals surface area contributed by atoms with Gasteiger partial charge in [0.05, 0.1) is 5.76 Å². The minimum absolute atomic E-state index is 0.451. The van der Waals surface area contributed by atoms with Crippen molar-refractivity contribution in [2.24, 2.45) is 0 Å². The Balaban J connectivity index is 3.94. The van der Waals surface area contributed by atoms with E-state index in [1.807, 2.05) is 0 Å². The van der Waals surface area contributed by atoms with Crippen LogP contribution in [0.2, 0.25) is 12.6 Å². The predicted octanol–water partition coefficient (Wildman–Crippen LogP) is 6.08. The molecule has 0 aliphatic heterocycles. The average molecular weight is 252 g/mol.